The molecule has 18 heavy (non-hydrogen) atoms. The summed E-state index contributed by atoms with van der Waals surface area (Å²) < 4.78 is 5.50. The van der Waals surface area contributed by atoms with Crippen LogP contribution in [0.3, 0.4) is 0 Å². The van der Waals surface area contributed by atoms with Gasteiger partial charge in [0, 0.05) is 13.3 Å². The van der Waals surface area contributed by atoms with E-state index in [1.54, 1.807) is 0 Å². The predicted molar refractivity (Wildman–Crippen MR) is 68.6 cm³/mol. The first kappa shape index (κ1) is 12.6. The SMILES string of the molecule is Cc1nc2ccc(C(C)(C)CCC(=O)O)cc2o1. The van der Waals surface area contributed by atoms with Crippen LogP contribution in [0.2, 0.25) is 0 Å². The molecule has 1 aromatic carbocycles. The van der Waals surface area contributed by atoms with Crippen LogP contribution in [0.1, 0.15) is 38.1 Å². The van der Waals surface area contributed by atoms with Gasteiger partial charge in [-0.1, -0.05) is 19.9 Å². The molecule has 1 heterocycles. The molecule has 0 radical (unpaired) electrons. The molecular formula is C14H17NO3. The van der Waals surface area contributed by atoms with E-state index in [0.29, 0.717) is 12.3 Å². The van der Waals surface area contributed by atoms with Gasteiger partial charge in [-0.15, -0.1) is 0 Å². The first-order valence-corrected chi connectivity index (χ1v) is 5.98. The summed E-state index contributed by atoms with van der Waals surface area (Å²) >= 11 is 0. The first-order chi connectivity index (χ1) is 8.38. The highest BCUT2D eigenvalue weighted by atomic mass is 16.4. The largest absolute Gasteiger partial charge is 0.481 e. The van der Waals surface area contributed by atoms with Gasteiger partial charge in [0.1, 0.15) is 5.52 Å². The number of aromatic nitrogens is 1. The van der Waals surface area contributed by atoms with E-state index in [1.807, 2.05) is 39.0 Å². The van der Waals surface area contributed by atoms with Gasteiger partial charge in [-0.05, 0) is 29.5 Å². The molecule has 0 aliphatic carbocycles. The maximum absolute atomic E-state index is 10.7. The van der Waals surface area contributed by atoms with Crippen molar-refractivity contribution in [1.82, 2.24) is 4.98 Å². The molecule has 0 atom stereocenters. The van der Waals surface area contributed by atoms with Crippen molar-refractivity contribution >= 4 is 17.1 Å². The zero-order valence-electron chi connectivity index (χ0n) is 10.9. The summed E-state index contributed by atoms with van der Waals surface area (Å²) in [5.41, 5.74) is 2.49. The normalized spacial score (nSPS) is 11.9. The Morgan fingerprint density at radius 2 is 2.17 bits per heavy atom. The molecule has 2 aromatic rings. The number of carbonyl (C=O) groups is 1. The molecule has 1 N–H and O–H groups in total. The van der Waals surface area contributed by atoms with Crippen LogP contribution in [0.15, 0.2) is 22.6 Å². The Balaban J connectivity index is 2.31. The fourth-order valence-corrected chi connectivity index (χ4v) is 2.02. The summed E-state index contributed by atoms with van der Waals surface area (Å²) in [6, 6.07) is 5.87. The van der Waals surface area contributed by atoms with Gasteiger partial charge in [0.15, 0.2) is 11.5 Å². The van der Waals surface area contributed by atoms with Crippen molar-refractivity contribution in [3.63, 3.8) is 0 Å². The van der Waals surface area contributed by atoms with Crippen molar-refractivity contribution in [3.05, 3.63) is 29.7 Å². The molecule has 0 aliphatic heterocycles. The average Bonchev–Trinajstić information content (AvgIpc) is 2.65. The Labute approximate surface area is 106 Å². The molecule has 0 fully saturated rings. The average molecular weight is 247 g/mol. The topological polar surface area (TPSA) is 63.3 Å². The smallest absolute Gasteiger partial charge is 0.303 e. The highest BCUT2D eigenvalue weighted by Gasteiger charge is 2.22. The van der Waals surface area contributed by atoms with Crippen molar-refractivity contribution in [2.75, 3.05) is 0 Å². The second-order valence-corrected chi connectivity index (χ2v) is 5.19. The Kier molecular flexibility index (Phi) is 3.11. The highest BCUT2D eigenvalue weighted by molar-refractivity contribution is 5.74. The monoisotopic (exact) mass is 247 g/mol. The van der Waals surface area contributed by atoms with E-state index in [9.17, 15) is 4.79 Å². The van der Waals surface area contributed by atoms with Gasteiger partial charge in [0.2, 0.25) is 0 Å². The second kappa shape index (κ2) is 4.44. The quantitative estimate of drug-likeness (QED) is 0.900. The molecule has 0 unspecified atom stereocenters. The van der Waals surface area contributed by atoms with Gasteiger partial charge in [-0.2, -0.15) is 0 Å². The summed E-state index contributed by atoms with van der Waals surface area (Å²) in [6.45, 7) is 5.90. The van der Waals surface area contributed by atoms with Crippen LogP contribution in [-0.2, 0) is 10.2 Å². The van der Waals surface area contributed by atoms with Crippen LogP contribution in [0.5, 0.6) is 0 Å². The molecule has 0 bridgehead atoms. The van der Waals surface area contributed by atoms with E-state index < -0.39 is 5.97 Å². The molecule has 4 nitrogen and oxygen atoms in total. The maximum Gasteiger partial charge on any atom is 0.303 e. The van der Waals surface area contributed by atoms with E-state index >= 15 is 0 Å². The van der Waals surface area contributed by atoms with Gasteiger partial charge in [-0.25, -0.2) is 4.98 Å². The zero-order valence-corrected chi connectivity index (χ0v) is 10.9. The number of carboxylic acid groups (broad SMARTS) is 1. The summed E-state index contributed by atoms with van der Waals surface area (Å²) in [6.07, 6.45) is 0.765. The van der Waals surface area contributed by atoms with Gasteiger partial charge < -0.3 is 9.52 Å². The lowest BCUT2D eigenvalue weighted by Crippen LogP contribution is -2.18. The number of oxazole rings is 1. The molecule has 4 heteroatoms. The number of aryl methyl sites for hydroxylation is 1. The molecule has 96 valence electrons. The maximum atomic E-state index is 10.7. The number of fused-ring (bicyclic) bond motifs is 1. The van der Waals surface area contributed by atoms with Crippen LogP contribution < -0.4 is 0 Å². The molecule has 0 aliphatic rings. The molecule has 0 amide bonds. The van der Waals surface area contributed by atoms with Crippen molar-refractivity contribution in [1.29, 1.82) is 0 Å². The van der Waals surface area contributed by atoms with Crippen molar-refractivity contribution in [2.24, 2.45) is 0 Å². The number of benzene rings is 1. The Morgan fingerprint density at radius 1 is 1.44 bits per heavy atom. The Hall–Kier alpha value is -1.84. The first-order valence-electron chi connectivity index (χ1n) is 5.98. The third kappa shape index (κ3) is 2.53. The number of hydrogen-bond donors (Lipinski definition) is 1. The van der Waals surface area contributed by atoms with E-state index in [4.69, 9.17) is 9.52 Å². The van der Waals surface area contributed by atoms with Crippen LogP contribution in [0.25, 0.3) is 11.1 Å². The number of rotatable bonds is 4. The van der Waals surface area contributed by atoms with Crippen molar-refractivity contribution in [3.8, 4) is 0 Å². The molecular weight excluding hydrogens is 230 g/mol. The zero-order chi connectivity index (χ0) is 13.3. The van der Waals surface area contributed by atoms with E-state index in [2.05, 4.69) is 4.98 Å². The third-order valence-electron chi connectivity index (χ3n) is 3.24. The second-order valence-electron chi connectivity index (χ2n) is 5.19. The van der Waals surface area contributed by atoms with Crippen molar-refractivity contribution < 1.29 is 14.3 Å². The van der Waals surface area contributed by atoms with Crippen LogP contribution in [0.4, 0.5) is 0 Å². The van der Waals surface area contributed by atoms with Gasteiger partial charge in [0.05, 0.1) is 0 Å². The molecule has 1 aromatic heterocycles. The number of hydrogen-bond acceptors (Lipinski definition) is 3. The number of carboxylic acids is 1. The Bertz CT molecular complexity index is 584. The fraction of sp³-hybridized carbons (Fsp3) is 0.429. The minimum absolute atomic E-state index is 0.167. The van der Waals surface area contributed by atoms with Crippen LogP contribution in [0, 0.1) is 6.92 Å². The van der Waals surface area contributed by atoms with E-state index in [0.717, 1.165) is 16.7 Å². The van der Waals surface area contributed by atoms with E-state index in [-0.39, 0.29) is 11.8 Å². The number of nitrogens with zero attached hydrogens (tertiary/aromatic N) is 1. The molecule has 2 rings (SSSR count). The predicted octanol–water partition coefficient (Wildman–Crippen LogP) is 3.28. The summed E-state index contributed by atoms with van der Waals surface area (Å²) in [5, 5.41) is 8.77. The number of aliphatic carboxylic acids is 1. The molecule has 0 spiro atoms. The molecule has 0 saturated heterocycles. The lowest BCUT2D eigenvalue weighted by Gasteiger charge is -2.24. The fourth-order valence-electron chi connectivity index (χ4n) is 2.02. The standard InChI is InChI=1S/C14H17NO3/c1-9-15-11-5-4-10(8-12(11)18-9)14(2,3)7-6-13(16)17/h4-5,8H,6-7H2,1-3H3,(H,16,17). The van der Waals surface area contributed by atoms with Crippen LogP contribution in [-0.4, -0.2) is 16.1 Å². The summed E-state index contributed by atoms with van der Waals surface area (Å²) in [7, 11) is 0. The molecule has 0 saturated carbocycles. The lowest BCUT2D eigenvalue weighted by atomic mass is 9.80. The van der Waals surface area contributed by atoms with Gasteiger partial charge in [-0.3, -0.25) is 4.79 Å². The summed E-state index contributed by atoms with van der Waals surface area (Å²) in [5.74, 6) is -0.120. The minimum Gasteiger partial charge on any atom is -0.481 e. The van der Waals surface area contributed by atoms with Crippen molar-refractivity contribution in [2.45, 2.75) is 39.0 Å². The lowest BCUT2D eigenvalue weighted by molar-refractivity contribution is -0.137. The van der Waals surface area contributed by atoms with Gasteiger partial charge in [0.25, 0.3) is 0 Å². The van der Waals surface area contributed by atoms with Crippen LogP contribution >= 0.6 is 0 Å². The third-order valence-corrected chi connectivity index (χ3v) is 3.24. The van der Waals surface area contributed by atoms with E-state index in [1.165, 1.54) is 0 Å². The summed E-state index contributed by atoms with van der Waals surface area (Å²) in [4.78, 5) is 14.9. The van der Waals surface area contributed by atoms with Gasteiger partial charge >= 0.3 is 5.97 Å². The minimum atomic E-state index is -0.764. The Morgan fingerprint density at radius 3 is 2.83 bits per heavy atom. The highest BCUT2D eigenvalue weighted by Crippen LogP contribution is 2.30.